The molecule has 0 unspecified atom stereocenters. The van der Waals surface area contributed by atoms with Crippen molar-refractivity contribution in [3.63, 3.8) is 0 Å². The molecule has 2 aromatic rings. The van der Waals surface area contributed by atoms with Crippen LogP contribution in [0.25, 0.3) is 11.4 Å². The lowest BCUT2D eigenvalue weighted by atomic mass is 9.91. The summed E-state index contributed by atoms with van der Waals surface area (Å²) in [5.74, 6) is -47.6. The standard InChI is InChI=1S/C27H27F15N2O/c1-2-3-4-5-6-7-8-9-17-14-43-20(44-15-17)18-10-12-19(13-11-18)45-16-21(28,29)22(30,31)23(32,33)24(34,35)25(36,37)26(38,39)27(40,41)42/h10-15H,2-9,16H2,1H3. The average Bonchev–Trinajstić information content (AvgIpc) is 2.95. The summed E-state index contributed by atoms with van der Waals surface area (Å²) in [5, 5.41) is 0. The van der Waals surface area contributed by atoms with Gasteiger partial charge in [0.05, 0.1) is 0 Å². The van der Waals surface area contributed by atoms with Gasteiger partial charge in [0.25, 0.3) is 0 Å². The van der Waals surface area contributed by atoms with Crippen LogP contribution in [0, 0.1) is 0 Å². The SMILES string of the molecule is CCCCCCCCCc1cnc(-c2ccc(OCC(F)(F)C(F)(F)C(F)(F)C(F)(F)C(F)(F)C(F)(F)C(F)(F)F)cc2)nc1. The van der Waals surface area contributed by atoms with E-state index in [4.69, 9.17) is 0 Å². The molecule has 0 aliphatic heterocycles. The van der Waals surface area contributed by atoms with E-state index in [0.29, 0.717) is 6.42 Å². The van der Waals surface area contributed by atoms with E-state index in [2.05, 4.69) is 21.6 Å². The van der Waals surface area contributed by atoms with Crippen LogP contribution < -0.4 is 4.74 Å². The van der Waals surface area contributed by atoms with Crippen LogP contribution in [0.3, 0.4) is 0 Å². The highest BCUT2D eigenvalue weighted by molar-refractivity contribution is 5.55. The molecule has 256 valence electrons. The fraction of sp³-hybridized carbons (Fsp3) is 0.630. The highest BCUT2D eigenvalue weighted by atomic mass is 19.4. The van der Waals surface area contributed by atoms with Gasteiger partial charge in [-0.1, -0.05) is 45.4 Å². The summed E-state index contributed by atoms with van der Waals surface area (Å²) >= 11 is 0. The highest BCUT2D eigenvalue weighted by Crippen LogP contribution is 2.62. The van der Waals surface area contributed by atoms with Gasteiger partial charge in [-0.15, -0.1) is 0 Å². The molecule has 0 N–H and O–H groups in total. The fourth-order valence-electron chi connectivity index (χ4n) is 3.88. The van der Waals surface area contributed by atoms with Gasteiger partial charge in [0.15, 0.2) is 12.4 Å². The van der Waals surface area contributed by atoms with Crippen molar-refractivity contribution in [2.24, 2.45) is 0 Å². The van der Waals surface area contributed by atoms with Gasteiger partial charge in [-0.05, 0) is 42.7 Å². The number of ether oxygens (including phenoxy) is 1. The zero-order valence-electron chi connectivity index (χ0n) is 23.3. The molecule has 0 saturated heterocycles. The number of alkyl halides is 15. The average molecular weight is 680 g/mol. The van der Waals surface area contributed by atoms with Gasteiger partial charge in [0.1, 0.15) is 5.75 Å². The molecule has 0 amide bonds. The maximum absolute atomic E-state index is 14.0. The second-order valence-electron chi connectivity index (χ2n) is 10.2. The number of hydrogen-bond acceptors (Lipinski definition) is 3. The lowest BCUT2D eigenvalue weighted by Crippen LogP contribution is -2.73. The lowest BCUT2D eigenvalue weighted by molar-refractivity contribution is -0.453. The zero-order chi connectivity index (χ0) is 34.5. The van der Waals surface area contributed by atoms with Gasteiger partial charge in [-0.25, -0.2) is 9.97 Å². The summed E-state index contributed by atoms with van der Waals surface area (Å²) in [6.45, 7) is -0.793. The molecule has 0 spiro atoms. The van der Waals surface area contributed by atoms with E-state index in [0.717, 1.165) is 61.9 Å². The number of hydrogen-bond donors (Lipinski definition) is 0. The summed E-state index contributed by atoms with van der Waals surface area (Å²) in [5.41, 5.74) is 1.04. The Hall–Kier alpha value is -2.95. The smallest absolute Gasteiger partial charge is 0.460 e. The van der Waals surface area contributed by atoms with Crippen molar-refractivity contribution in [3.05, 3.63) is 42.2 Å². The molecule has 45 heavy (non-hydrogen) atoms. The molecule has 1 aromatic heterocycles. The third kappa shape index (κ3) is 7.72. The van der Waals surface area contributed by atoms with Crippen LogP contribution in [0.5, 0.6) is 5.75 Å². The quantitative estimate of drug-likeness (QED) is 0.123. The largest absolute Gasteiger partial charge is 0.487 e. The molecule has 0 saturated carbocycles. The molecule has 18 heteroatoms. The first-order valence-corrected chi connectivity index (χ1v) is 13.4. The Kier molecular flexibility index (Phi) is 11.7. The molecule has 0 aliphatic carbocycles. The Morgan fingerprint density at radius 1 is 0.556 bits per heavy atom. The number of benzene rings is 1. The van der Waals surface area contributed by atoms with Gasteiger partial charge >= 0.3 is 41.7 Å². The molecule has 0 atom stereocenters. The van der Waals surface area contributed by atoms with Crippen molar-refractivity contribution in [2.75, 3.05) is 6.61 Å². The third-order valence-electron chi connectivity index (χ3n) is 6.70. The van der Waals surface area contributed by atoms with E-state index in [1.165, 1.54) is 25.2 Å². The van der Waals surface area contributed by atoms with Crippen molar-refractivity contribution >= 4 is 0 Å². The number of halogens is 15. The minimum absolute atomic E-state index is 0.111. The number of aryl methyl sites for hydroxylation is 1. The van der Waals surface area contributed by atoms with Gasteiger partial charge in [-0.2, -0.15) is 65.9 Å². The van der Waals surface area contributed by atoms with Crippen molar-refractivity contribution in [1.29, 1.82) is 0 Å². The second kappa shape index (κ2) is 13.8. The molecule has 0 aliphatic rings. The summed E-state index contributed by atoms with van der Waals surface area (Å²) in [7, 11) is 0. The van der Waals surface area contributed by atoms with Crippen LogP contribution >= 0.6 is 0 Å². The van der Waals surface area contributed by atoms with E-state index in [9.17, 15) is 65.9 Å². The summed E-state index contributed by atoms with van der Waals surface area (Å²) in [4.78, 5) is 8.25. The van der Waals surface area contributed by atoms with Gasteiger partial charge in [-0.3, -0.25) is 0 Å². The Morgan fingerprint density at radius 3 is 1.49 bits per heavy atom. The predicted molar refractivity (Wildman–Crippen MR) is 130 cm³/mol. The summed E-state index contributed by atoms with van der Waals surface area (Å²) in [6.07, 6.45) is 3.72. The van der Waals surface area contributed by atoms with E-state index < -0.39 is 54.1 Å². The first kappa shape index (κ1) is 38.2. The topological polar surface area (TPSA) is 35.0 Å². The summed E-state index contributed by atoms with van der Waals surface area (Å²) in [6, 6.07) is 3.81. The normalized spacial score (nSPS) is 14.1. The number of unbranched alkanes of at least 4 members (excludes halogenated alkanes) is 6. The summed E-state index contributed by atoms with van der Waals surface area (Å²) < 4.78 is 204. The van der Waals surface area contributed by atoms with Gasteiger partial charge in [0.2, 0.25) is 0 Å². The molecule has 1 aromatic carbocycles. The fourth-order valence-corrected chi connectivity index (χ4v) is 3.88. The monoisotopic (exact) mass is 680 g/mol. The molecule has 0 bridgehead atoms. The van der Waals surface area contributed by atoms with E-state index >= 15 is 0 Å². The number of rotatable bonds is 17. The Morgan fingerprint density at radius 2 is 1.00 bits per heavy atom. The van der Waals surface area contributed by atoms with Gasteiger partial charge < -0.3 is 4.74 Å². The van der Waals surface area contributed by atoms with Crippen molar-refractivity contribution < 1.29 is 70.6 Å². The van der Waals surface area contributed by atoms with Crippen LogP contribution in [-0.4, -0.2) is 58.3 Å². The first-order chi connectivity index (χ1) is 20.5. The molecule has 0 radical (unpaired) electrons. The molecule has 1 heterocycles. The van der Waals surface area contributed by atoms with E-state index in [-0.39, 0.29) is 11.4 Å². The molecule has 0 fully saturated rings. The molecular formula is C27H27F15N2O. The Balaban J connectivity index is 2.09. The Bertz CT molecular complexity index is 1210. The van der Waals surface area contributed by atoms with E-state index in [1.54, 1.807) is 0 Å². The van der Waals surface area contributed by atoms with Crippen LogP contribution in [0.1, 0.15) is 57.4 Å². The maximum atomic E-state index is 14.0. The van der Waals surface area contributed by atoms with Crippen molar-refractivity contribution in [1.82, 2.24) is 9.97 Å². The first-order valence-electron chi connectivity index (χ1n) is 13.4. The number of nitrogens with zero attached hydrogens (tertiary/aromatic N) is 2. The van der Waals surface area contributed by atoms with Crippen LogP contribution in [0.2, 0.25) is 0 Å². The second-order valence-corrected chi connectivity index (χ2v) is 10.2. The minimum Gasteiger partial charge on any atom is -0.487 e. The van der Waals surface area contributed by atoms with Crippen LogP contribution in [0.15, 0.2) is 36.7 Å². The molecular weight excluding hydrogens is 653 g/mol. The Labute approximate surface area is 247 Å². The van der Waals surface area contributed by atoms with E-state index in [1.807, 2.05) is 0 Å². The van der Waals surface area contributed by atoms with Crippen LogP contribution in [-0.2, 0) is 6.42 Å². The predicted octanol–water partition coefficient (Wildman–Crippen LogP) is 10.2. The molecule has 3 nitrogen and oxygen atoms in total. The number of aromatic nitrogens is 2. The maximum Gasteiger partial charge on any atom is 0.460 e. The molecule has 2 rings (SSSR count). The van der Waals surface area contributed by atoms with Crippen LogP contribution in [0.4, 0.5) is 65.9 Å². The zero-order valence-corrected chi connectivity index (χ0v) is 23.3. The van der Waals surface area contributed by atoms with Gasteiger partial charge in [0, 0.05) is 18.0 Å². The highest BCUT2D eigenvalue weighted by Gasteiger charge is 2.93. The minimum atomic E-state index is -8.34. The van der Waals surface area contributed by atoms with Crippen molar-refractivity contribution in [3.8, 4) is 17.1 Å². The lowest BCUT2D eigenvalue weighted by Gasteiger charge is -2.41. The third-order valence-corrected chi connectivity index (χ3v) is 6.70. The van der Waals surface area contributed by atoms with Crippen molar-refractivity contribution in [2.45, 2.75) is 100 Å².